The maximum atomic E-state index is 12.2. The predicted octanol–water partition coefficient (Wildman–Crippen LogP) is 3.82. The van der Waals surface area contributed by atoms with Crippen LogP contribution in [0.1, 0.15) is 38.7 Å². The summed E-state index contributed by atoms with van der Waals surface area (Å²) in [6.07, 6.45) is -6.02. The van der Waals surface area contributed by atoms with Gasteiger partial charge in [-0.3, -0.25) is 9.59 Å². The molecule has 0 aliphatic rings. The van der Waals surface area contributed by atoms with Gasteiger partial charge in [-0.05, 0) is 25.0 Å². The van der Waals surface area contributed by atoms with E-state index in [1.807, 2.05) is 19.1 Å². The van der Waals surface area contributed by atoms with Gasteiger partial charge in [0.2, 0.25) is 0 Å². The molecule has 0 aliphatic heterocycles. The molecule has 0 aromatic heterocycles. The fraction of sp³-hybridized carbons (Fsp3) is 0.500. The first-order valence-corrected chi connectivity index (χ1v) is 7.28. The van der Waals surface area contributed by atoms with Crippen molar-refractivity contribution < 1.29 is 32.2 Å². The van der Waals surface area contributed by atoms with Crippen molar-refractivity contribution in [3.05, 3.63) is 29.8 Å². The van der Waals surface area contributed by atoms with E-state index in [0.29, 0.717) is 5.75 Å². The van der Waals surface area contributed by atoms with Crippen LogP contribution in [-0.2, 0) is 20.7 Å². The third-order valence-electron chi connectivity index (χ3n) is 3.02. The van der Waals surface area contributed by atoms with Gasteiger partial charge < -0.3 is 9.47 Å². The van der Waals surface area contributed by atoms with Crippen LogP contribution in [0.3, 0.4) is 0 Å². The zero-order chi connectivity index (χ0) is 17.5. The second-order valence-electron chi connectivity index (χ2n) is 5.01. The van der Waals surface area contributed by atoms with Crippen LogP contribution in [0.5, 0.6) is 5.75 Å². The Morgan fingerprint density at radius 3 is 2.35 bits per heavy atom. The molecule has 1 aromatic carbocycles. The van der Waals surface area contributed by atoms with Gasteiger partial charge in [-0.25, -0.2) is 0 Å². The monoisotopic (exact) mass is 332 g/mol. The van der Waals surface area contributed by atoms with Crippen LogP contribution in [0.2, 0.25) is 0 Å². The fourth-order valence-corrected chi connectivity index (χ4v) is 1.78. The number of ether oxygens (including phenoxy) is 2. The summed E-state index contributed by atoms with van der Waals surface area (Å²) in [5, 5.41) is 0. The minimum Gasteiger partial charge on any atom is -0.453 e. The molecule has 128 valence electrons. The molecule has 0 saturated heterocycles. The van der Waals surface area contributed by atoms with Crippen LogP contribution in [0.4, 0.5) is 13.2 Å². The number of hydrogen-bond acceptors (Lipinski definition) is 4. The number of carbonyl (C=O) groups excluding carboxylic acids is 2. The van der Waals surface area contributed by atoms with Crippen LogP contribution in [0, 0.1) is 0 Å². The molecular weight excluding hydrogens is 313 g/mol. The number of carbonyl (C=O) groups is 2. The topological polar surface area (TPSA) is 52.6 Å². The van der Waals surface area contributed by atoms with Crippen molar-refractivity contribution >= 4 is 11.9 Å². The average molecular weight is 332 g/mol. The number of aryl methyl sites for hydroxylation is 1. The van der Waals surface area contributed by atoms with E-state index in [2.05, 4.69) is 4.74 Å². The van der Waals surface area contributed by atoms with Crippen LogP contribution in [-0.4, -0.2) is 24.2 Å². The first-order chi connectivity index (χ1) is 10.7. The van der Waals surface area contributed by atoms with E-state index in [9.17, 15) is 22.8 Å². The van der Waals surface area contributed by atoms with Crippen molar-refractivity contribution in [1.82, 2.24) is 0 Å². The van der Waals surface area contributed by atoms with E-state index in [1.54, 1.807) is 12.1 Å². The van der Waals surface area contributed by atoms with Crippen LogP contribution in [0.25, 0.3) is 0 Å². The molecule has 4 nitrogen and oxygen atoms in total. The lowest BCUT2D eigenvalue weighted by atomic mass is 10.1. The van der Waals surface area contributed by atoms with Crippen molar-refractivity contribution in [2.24, 2.45) is 0 Å². The number of esters is 2. The van der Waals surface area contributed by atoms with Gasteiger partial charge in [0.15, 0.2) is 6.10 Å². The van der Waals surface area contributed by atoms with Crippen molar-refractivity contribution in [3.8, 4) is 5.75 Å². The van der Waals surface area contributed by atoms with Crippen LogP contribution in [0.15, 0.2) is 24.3 Å². The summed E-state index contributed by atoms with van der Waals surface area (Å²) < 4.78 is 46.1. The summed E-state index contributed by atoms with van der Waals surface area (Å²) in [6, 6.07) is 6.98. The molecule has 1 atom stereocenters. The highest BCUT2D eigenvalue weighted by Gasteiger charge is 2.39. The lowest BCUT2D eigenvalue weighted by Crippen LogP contribution is -2.31. The third-order valence-corrected chi connectivity index (χ3v) is 3.02. The molecule has 0 saturated carbocycles. The Labute approximate surface area is 132 Å². The minimum absolute atomic E-state index is 0.343. The van der Waals surface area contributed by atoms with E-state index in [-0.39, 0.29) is 6.42 Å². The number of para-hydroxylation sites is 1. The van der Waals surface area contributed by atoms with E-state index in [1.165, 1.54) is 0 Å². The number of halogens is 3. The number of hydrogen-bond donors (Lipinski definition) is 0. The molecule has 0 heterocycles. The molecule has 1 aromatic rings. The van der Waals surface area contributed by atoms with Gasteiger partial charge in [0.1, 0.15) is 5.75 Å². The first kappa shape index (κ1) is 19.0. The summed E-state index contributed by atoms with van der Waals surface area (Å²) in [5.41, 5.74) is 0.858. The lowest BCUT2D eigenvalue weighted by molar-refractivity contribution is -0.216. The summed E-state index contributed by atoms with van der Waals surface area (Å²) in [4.78, 5) is 23.0. The van der Waals surface area contributed by atoms with E-state index in [0.717, 1.165) is 25.3 Å². The molecule has 0 N–H and O–H groups in total. The van der Waals surface area contributed by atoms with E-state index < -0.39 is 30.6 Å². The van der Waals surface area contributed by atoms with Crippen molar-refractivity contribution in [2.45, 2.75) is 51.8 Å². The van der Waals surface area contributed by atoms with Gasteiger partial charge in [-0.2, -0.15) is 13.2 Å². The summed E-state index contributed by atoms with van der Waals surface area (Å²) in [5.74, 6) is -1.38. The largest absolute Gasteiger partial charge is 0.453 e. The Hall–Kier alpha value is -2.05. The zero-order valence-electron chi connectivity index (χ0n) is 13.0. The van der Waals surface area contributed by atoms with Gasteiger partial charge in [-0.1, -0.05) is 31.5 Å². The molecule has 0 bridgehead atoms. The Bertz CT molecular complexity index is 540. The SMILES string of the molecule is CCCc1ccccc1OC(=O)CCC(=O)OC(C)C(F)(F)F. The maximum Gasteiger partial charge on any atom is 0.425 e. The number of alkyl halides is 3. The van der Waals surface area contributed by atoms with Gasteiger partial charge in [0.05, 0.1) is 12.8 Å². The lowest BCUT2D eigenvalue weighted by Gasteiger charge is -2.16. The van der Waals surface area contributed by atoms with E-state index >= 15 is 0 Å². The standard InChI is InChI=1S/C16H19F3O4/c1-3-6-12-7-4-5-8-13(12)23-15(21)10-9-14(20)22-11(2)16(17,18)19/h4-5,7-8,11H,3,6,9-10H2,1-2H3. The second-order valence-corrected chi connectivity index (χ2v) is 5.01. The molecular formula is C16H19F3O4. The fourth-order valence-electron chi connectivity index (χ4n) is 1.78. The molecule has 0 fully saturated rings. The molecule has 23 heavy (non-hydrogen) atoms. The smallest absolute Gasteiger partial charge is 0.425 e. The highest BCUT2D eigenvalue weighted by Crippen LogP contribution is 2.23. The van der Waals surface area contributed by atoms with Crippen LogP contribution < -0.4 is 4.74 Å². The van der Waals surface area contributed by atoms with Crippen molar-refractivity contribution in [3.63, 3.8) is 0 Å². The highest BCUT2D eigenvalue weighted by atomic mass is 19.4. The Morgan fingerprint density at radius 1 is 1.13 bits per heavy atom. The molecule has 1 rings (SSSR count). The molecule has 0 amide bonds. The average Bonchev–Trinajstić information content (AvgIpc) is 2.46. The Balaban J connectivity index is 2.47. The van der Waals surface area contributed by atoms with Gasteiger partial charge >= 0.3 is 18.1 Å². The zero-order valence-corrected chi connectivity index (χ0v) is 13.0. The summed E-state index contributed by atoms with van der Waals surface area (Å²) in [7, 11) is 0. The molecule has 0 spiro atoms. The first-order valence-electron chi connectivity index (χ1n) is 7.28. The summed E-state index contributed by atoms with van der Waals surface area (Å²) >= 11 is 0. The second kappa shape index (κ2) is 8.55. The number of rotatable bonds is 7. The predicted molar refractivity (Wildman–Crippen MR) is 76.9 cm³/mol. The molecule has 0 radical (unpaired) electrons. The third kappa shape index (κ3) is 6.71. The van der Waals surface area contributed by atoms with Crippen molar-refractivity contribution in [1.29, 1.82) is 0 Å². The van der Waals surface area contributed by atoms with Crippen LogP contribution >= 0.6 is 0 Å². The molecule has 1 unspecified atom stereocenters. The maximum absolute atomic E-state index is 12.2. The van der Waals surface area contributed by atoms with Gasteiger partial charge in [-0.15, -0.1) is 0 Å². The highest BCUT2D eigenvalue weighted by molar-refractivity contribution is 5.79. The summed E-state index contributed by atoms with van der Waals surface area (Å²) in [6.45, 7) is 2.72. The minimum atomic E-state index is -4.62. The number of benzene rings is 1. The Morgan fingerprint density at radius 2 is 1.74 bits per heavy atom. The molecule has 0 aliphatic carbocycles. The Kier molecular flexibility index (Phi) is 7.06. The quantitative estimate of drug-likeness (QED) is 0.563. The van der Waals surface area contributed by atoms with Gasteiger partial charge in [0.25, 0.3) is 0 Å². The van der Waals surface area contributed by atoms with Crippen molar-refractivity contribution in [2.75, 3.05) is 0 Å². The normalized spacial score (nSPS) is 12.6. The van der Waals surface area contributed by atoms with Gasteiger partial charge in [0, 0.05) is 0 Å². The molecule has 7 heteroatoms. The van der Waals surface area contributed by atoms with E-state index in [4.69, 9.17) is 4.74 Å².